The van der Waals surface area contributed by atoms with Crippen LogP contribution in [0.4, 0.5) is 5.69 Å². The minimum Gasteiger partial charge on any atom is -0.478 e. The lowest BCUT2D eigenvalue weighted by Crippen LogP contribution is -2.21. The zero-order chi connectivity index (χ0) is 20.5. The molecule has 4 rings (SSSR count). The van der Waals surface area contributed by atoms with Crippen molar-refractivity contribution in [1.82, 2.24) is 0 Å². The lowest BCUT2D eigenvalue weighted by molar-refractivity contribution is -0.114. The average molecular weight is 386 g/mol. The number of rotatable bonds is 4. The Labute approximate surface area is 167 Å². The summed E-state index contributed by atoms with van der Waals surface area (Å²) in [6.07, 6.45) is 1.67. The highest BCUT2D eigenvalue weighted by atomic mass is 16.4. The fraction of sp³-hybridized carbons (Fsp3) is 0.0870. The van der Waals surface area contributed by atoms with Crippen molar-refractivity contribution in [2.75, 3.05) is 5.01 Å². The number of carboxylic acids is 1. The lowest BCUT2D eigenvalue weighted by Gasteiger charge is -2.13. The number of carboxylic acid groups (broad SMARTS) is 1. The third-order valence-corrected chi connectivity index (χ3v) is 4.72. The van der Waals surface area contributed by atoms with Crippen LogP contribution in [0.5, 0.6) is 0 Å². The van der Waals surface area contributed by atoms with Gasteiger partial charge >= 0.3 is 5.97 Å². The van der Waals surface area contributed by atoms with Gasteiger partial charge in [-0.3, -0.25) is 4.79 Å². The van der Waals surface area contributed by atoms with Gasteiger partial charge in [0, 0.05) is 5.56 Å². The highest BCUT2D eigenvalue weighted by Crippen LogP contribution is 2.28. The van der Waals surface area contributed by atoms with Crippen LogP contribution in [0.15, 0.2) is 75.8 Å². The number of hydrazone groups is 1. The minimum atomic E-state index is -1.01. The molecule has 144 valence electrons. The molecule has 0 aliphatic carbocycles. The predicted molar refractivity (Wildman–Crippen MR) is 111 cm³/mol. The van der Waals surface area contributed by atoms with Gasteiger partial charge in [-0.25, -0.2) is 4.79 Å². The number of hydrogen-bond donors (Lipinski definition) is 1. The number of amides is 1. The molecule has 2 heterocycles. The molecular formula is C23H18N2O4. The molecule has 1 aromatic heterocycles. The number of aryl methyl sites for hydroxylation is 1. The highest BCUT2D eigenvalue weighted by Gasteiger charge is 2.29. The molecule has 0 saturated heterocycles. The van der Waals surface area contributed by atoms with Crippen molar-refractivity contribution in [3.63, 3.8) is 0 Å². The maximum Gasteiger partial charge on any atom is 0.335 e. The van der Waals surface area contributed by atoms with E-state index >= 15 is 0 Å². The number of carbonyl (C=O) groups excluding carboxylic acids is 1. The Morgan fingerprint density at radius 2 is 1.83 bits per heavy atom. The molecule has 0 saturated carbocycles. The first kappa shape index (κ1) is 18.4. The van der Waals surface area contributed by atoms with Crippen molar-refractivity contribution < 1.29 is 19.1 Å². The summed E-state index contributed by atoms with van der Waals surface area (Å²) in [5, 5.41) is 14.8. The van der Waals surface area contributed by atoms with Gasteiger partial charge < -0.3 is 9.52 Å². The topological polar surface area (TPSA) is 83.1 Å². The van der Waals surface area contributed by atoms with Crippen molar-refractivity contribution in [3.8, 4) is 11.3 Å². The number of carbonyl (C=O) groups is 2. The smallest absolute Gasteiger partial charge is 0.335 e. The van der Waals surface area contributed by atoms with E-state index in [-0.39, 0.29) is 11.5 Å². The van der Waals surface area contributed by atoms with E-state index in [0.29, 0.717) is 34.1 Å². The van der Waals surface area contributed by atoms with E-state index in [9.17, 15) is 14.7 Å². The van der Waals surface area contributed by atoms with Crippen molar-refractivity contribution in [1.29, 1.82) is 0 Å². The van der Waals surface area contributed by atoms with E-state index in [1.165, 1.54) is 11.1 Å². The van der Waals surface area contributed by atoms with Crippen LogP contribution in [0.25, 0.3) is 17.4 Å². The molecule has 1 N–H and O–H groups in total. The largest absolute Gasteiger partial charge is 0.478 e. The molecule has 0 bridgehead atoms. The van der Waals surface area contributed by atoms with Gasteiger partial charge in [0.15, 0.2) is 0 Å². The Bertz CT molecular complexity index is 1170. The Kier molecular flexibility index (Phi) is 4.60. The maximum atomic E-state index is 12.9. The van der Waals surface area contributed by atoms with E-state index in [0.717, 1.165) is 5.56 Å². The normalized spacial score (nSPS) is 15.1. The minimum absolute atomic E-state index is 0.195. The van der Waals surface area contributed by atoms with Crippen LogP contribution in [0.3, 0.4) is 0 Å². The zero-order valence-electron chi connectivity index (χ0n) is 15.9. The molecule has 3 aromatic rings. The van der Waals surface area contributed by atoms with E-state index in [2.05, 4.69) is 5.10 Å². The molecule has 0 unspecified atom stereocenters. The van der Waals surface area contributed by atoms with E-state index in [1.807, 2.05) is 42.5 Å². The molecule has 6 heteroatoms. The van der Waals surface area contributed by atoms with Crippen LogP contribution < -0.4 is 5.01 Å². The molecule has 0 atom stereocenters. The van der Waals surface area contributed by atoms with Crippen LogP contribution in [-0.4, -0.2) is 22.7 Å². The molecule has 1 aliphatic heterocycles. The van der Waals surface area contributed by atoms with Gasteiger partial charge in [-0.15, -0.1) is 0 Å². The first-order valence-corrected chi connectivity index (χ1v) is 9.05. The summed E-state index contributed by atoms with van der Waals surface area (Å²) >= 11 is 0. The number of nitrogens with zero attached hydrogens (tertiary/aromatic N) is 2. The number of hydrogen-bond acceptors (Lipinski definition) is 4. The van der Waals surface area contributed by atoms with Gasteiger partial charge in [-0.1, -0.05) is 30.3 Å². The van der Waals surface area contributed by atoms with Gasteiger partial charge in [-0.05, 0) is 55.8 Å². The molecular weight excluding hydrogens is 368 g/mol. The van der Waals surface area contributed by atoms with Crippen molar-refractivity contribution >= 4 is 29.4 Å². The third kappa shape index (κ3) is 3.48. The molecule has 2 aromatic carbocycles. The summed E-state index contributed by atoms with van der Waals surface area (Å²) in [6.45, 7) is 3.44. The van der Waals surface area contributed by atoms with Gasteiger partial charge in [-0.2, -0.15) is 10.1 Å². The van der Waals surface area contributed by atoms with Crippen LogP contribution in [-0.2, 0) is 4.79 Å². The standard InChI is InChI=1S/C23H18N2O4/c1-14-12-17(8-10-19(14)23(27)28)25-22(26)20(15(2)24-25)13-18-9-11-21(29-18)16-6-4-3-5-7-16/h3-13H,1-2H3,(H,27,28)/b20-13-. The molecule has 1 amide bonds. The molecule has 1 aliphatic rings. The van der Waals surface area contributed by atoms with Crippen LogP contribution >= 0.6 is 0 Å². The van der Waals surface area contributed by atoms with Gasteiger partial charge in [0.1, 0.15) is 11.5 Å². The van der Waals surface area contributed by atoms with Gasteiger partial charge in [0.2, 0.25) is 0 Å². The molecule has 0 radical (unpaired) electrons. The summed E-state index contributed by atoms with van der Waals surface area (Å²) in [4.78, 5) is 24.1. The number of anilines is 1. The predicted octanol–water partition coefficient (Wildman–Crippen LogP) is 4.76. The number of aromatic carboxylic acids is 1. The van der Waals surface area contributed by atoms with Crippen LogP contribution in [0, 0.1) is 6.92 Å². The monoisotopic (exact) mass is 386 g/mol. The highest BCUT2D eigenvalue weighted by molar-refractivity contribution is 6.32. The second kappa shape index (κ2) is 7.24. The summed E-state index contributed by atoms with van der Waals surface area (Å²) in [7, 11) is 0. The van der Waals surface area contributed by atoms with Crippen molar-refractivity contribution in [3.05, 3.63) is 83.1 Å². The Hall–Kier alpha value is -3.93. The van der Waals surface area contributed by atoms with Gasteiger partial charge in [0.05, 0.1) is 22.5 Å². The fourth-order valence-corrected chi connectivity index (χ4v) is 3.21. The first-order valence-electron chi connectivity index (χ1n) is 9.05. The van der Waals surface area contributed by atoms with E-state index in [4.69, 9.17) is 4.42 Å². The van der Waals surface area contributed by atoms with Crippen LogP contribution in [0.2, 0.25) is 0 Å². The third-order valence-electron chi connectivity index (χ3n) is 4.72. The number of furan rings is 1. The lowest BCUT2D eigenvalue weighted by atomic mass is 10.1. The molecule has 0 spiro atoms. The summed E-state index contributed by atoms with van der Waals surface area (Å²) in [5.74, 6) is -0.0213. The second-order valence-corrected chi connectivity index (χ2v) is 6.73. The van der Waals surface area contributed by atoms with Crippen molar-refractivity contribution in [2.45, 2.75) is 13.8 Å². The molecule has 6 nitrogen and oxygen atoms in total. The Morgan fingerprint density at radius 1 is 1.07 bits per heavy atom. The summed E-state index contributed by atoms with van der Waals surface area (Å²) in [6, 6.07) is 18.1. The maximum absolute atomic E-state index is 12.9. The van der Waals surface area contributed by atoms with Gasteiger partial charge in [0.25, 0.3) is 5.91 Å². The van der Waals surface area contributed by atoms with E-state index < -0.39 is 5.97 Å². The van der Waals surface area contributed by atoms with Crippen molar-refractivity contribution in [2.24, 2.45) is 5.10 Å². The second-order valence-electron chi connectivity index (χ2n) is 6.73. The molecule has 29 heavy (non-hydrogen) atoms. The number of benzene rings is 2. The average Bonchev–Trinajstić information content (AvgIpc) is 3.28. The SMILES string of the molecule is CC1=NN(c2ccc(C(=O)O)c(C)c2)C(=O)/C1=C\c1ccc(-c2ccccc2)o1. The van der Waals surface area contributed by atoms with E-state index in [1.54, 1.807) is 32.1 Å². The van der Waals surface area contributed by atoms with Crippen LogP contribution in [0.1, 0.15) is 28.6 Å². The molecule has 0 fully saturated rings. The zero-order valence-corrected chi connectivity index (χ0v) is 15.9. The fourth-order valence-electron chi connectivity index (χ4n) is 3.21. The quantitative estimate of drug-likeness (QED) is 0.656. The Balaban J connectivity index is 1.62. The summed E-state index contributed by atoms with van der Waals surface area (Å²) < 4.78 is 5.86. The first-order chi connectivity index (χ1) is 13.9. The summed E-state index contributed by atoms with van der Waals surface area (Å²) in [5.41, 5.74) is 3.22. The Morgan fingerprint density at radius 3 is 2.52 bits per heavy atom.